The van der Waals surface area contributed by atoms with E-state index in [4.69, 9.17) is 4.98 Å². The first-order chi connectivity index (χ1) is 12.1. The zero-order valence-corrected chi connectivity index (χ0v) is 14.9. The second kappa shape index (κ2) is 5.93. The van der Waals surface area contributed by atoms with Crippen molar-refractivity contribution >= 4 is 16.7 Å². The van der Waals surface area contributed by atoms with Gasteiger partial charge in [0.25, 0.3) is 0 Å². The molecule has 0 aliphatic rings. The Balaban J connectivity index is 1.92. The molecule has 4 heterocycles. The largest absolute Gasteiger partial charge is 0.328 e. The normalized spacial score (nSPS) is 11.9. The summed E-state index contributed by atoms with van der Waals surface area (Å²) in [6.45, 7) is 6.12. The summed E-state index contributed by atoms with van der Waals surface area (Å²) < 4.78 is 4.01. The quantitative estimate of drug-likeness (QED) is 0.573. The first-order valence-corrected chi connectivity index (χ1v) is 8.33. The minimum atomic E-state index is 0.619. The molecule has 0 fully saturated rings. The second-order valence-corrected chi connectivity index (χ2v) is 6.53. The lowest BCUT2D eigenvalue weighted by atomic mass is 10.2. The number of aromatic nitrogens is 6. The van der Waals surface area contributed by atoms with Crippen LogP contribution in [0.15, 0.2) is 30.7 Å². The van der Waals surface area contributed by atoms with E-state index in [-0.39, 0.29) is 0 Å². The highest BCUT2D eigenvalue weighted by atomic mass is 15.3. The molecule has 128 valence electrons. The summed E-state index contributed by atoms with van der Waals surface area (Å²) in [4.78, 5) is 15.9. The molecule has 0 spiro atoms. The molecule has 0 aromatic carbocycles. The van der Waals surface area contributed by atoms with Crippen LogP contribution in [0, 0.1) is 13.8 Å². The lowest BCUT2D eigenvalue weighted by Crippen LogP contribution is -2.19. The molecule has 4 rings (SSSR count). The molecule has 0 atom stereocenters. The standard InChI is InChI=1S/C18H21N7/c1-12-13(2)24(10-9-23(3)4)17-15(12)18-21-16(22-25(18)11-20-17)14-7-5-6-8-19-14/h5-8,11H,9-10H2,1-4H3. The molecule has 7 heteroatoms. The first kappa shape index (κ1) is 15.7. The molecule has 0 aliphatic carbocycles. The van der Waals surface area contributed by atoms with Gasteiger partial charge in [-0.2, -0.15) is 0 Å². The Labute approximate surface area is 146 Å². The Morgan fingerprint density at radius 1 is 1.08 bits per heavy atom. The van der Waals surface area contributed by atoms with Gasteiger partial charge in [0, 0.05) is 25.0 Å². The van der Waals surface area contributed by atoms with Gasteiger partial charge in [-0.05, 0) is 45.6 Å². The van der Waals surface area contributed by atoms with Crippen LogP contribution in [0.1, 0.15) is 11.3 Å². The third kappa shape index (κ3) is 2.56. The number of rotatable bonds is 4. The lowest BCUT2D eigenvalue weighted by Gasteiger charge is -2.12. The molecule has 25 heavy (non-hydrogen) atoms. The number of hydrogen-bond donors (Lipinski definition) is 0. The van der Waals surface area contributed by atoms with Crippen LogP contribution < -0.4 is 0 Å². The summed E-state index contributed by atoms with van der Waals surface area (Å²) in [5.74, 6) is 0.619. The van der Waals surface area contributed by atoms with E-state index in [1.165, 1.54) is 11.3 Å². The molecule has 0 aliphatic heterocycles. The Bertz CT molecular complexity index is 1040. The van der Waals surface area contributed by atoms with Gasteiger partial charge in [-0.25, -0.2) is 14.5 Å². The molecule has 0 bridgehead atoms. The summed E-state index contributed by atoms with van der Waals surface area (Å²) >= 11 is 0. The minimum absolute atomic E-state index is 0.619. The summed E-state index contributed by atoms with van der Waals surface area (Å²) in [5.41, 5.74) is 4.98. The van der Waals surface area contributed by atoms with E-state index in [0.717, 1.165) is 35.5 Å². The molecule has 0 saturated heterocycles. The van der Waals surface area contributed by atoms with Crippen molar-refractivity contribution in [3.8, 4) is 11.5 Å². The van der Waals surface area contributed by atoms with E-state index in [9.17, 15) is 0 Å². The number of likely N-dealkylation sites (N-methyl/N-ethyl adjacent to an activating group) is 1. The third-order valence-corrected chi connectivity index (χ3v) is 4.61. The highest BCUT2D eigenvalue weighted by molar-refractivity contribution is 5.94. The van der Waals surface area contributed by atoms with Gasteiger partial charge in [0.1, 0.15) is 17.7 Å². The van der Waals surface area contributed by atoms with Gasteiger partial charge in [0.2, 0.25) is 5.82 Å². The number of pyridine rings is 1. The summed E-state index contributed by atoms with van der Waals surface area (Å²) in [5, 5.41) is 5.61. The highest BCUT2D eigenvalue weighted by Gasteiger charge is 2.18. The predicted octanol–water partition coefficient (Wildman–Crippen LogP) is 2.32. The van der Waals surface area contributed by atoms with Crippen LogP contribution in [0.25, 0.3) is 28.2 Å². The SMILES string of the molecule is Cc1c(C)n(CCN(C)C)c2ncn3nc(-c4ccccn4)nc3c12. The van der Waals surface area contributed by atoms with E-state index in [0.29, 0.717) is 5.82 Å². The fraction of sp³-hybridized carbons (Fsp3) is 0.333. The van der Waals surface area contributed by atoms with E-state index < -0.39 is 0 Å². The Kier molecular flexibility index (Phi) is 3.73. The average Bonchev–Trinajstić information content (AvgIpc) is 3.14. The van der Waals surface area contributed by atoms with Crippen LogP contribution in [-0.2, 0) is 6.54 Å². The molecule has 0 unspecified atom stereocenters. The van der Waals surface area contributed by atoms with Crippen molar-refractivity contribution in [1.29, 1.82) is 0 Å². The maximum atomic E-state index is 4.75. The summed E-state index contributed by atoms with van der Waals surface area (Å²) in [7, 11) is 4.16. The molecule has 7 nitrogen and oxygen atoms in total. The Morgan fingerprint density at radius 3 is 2.64 bits per heavy atom. The van der Waals surface area contributed by atoms with Crippen LogP contribution in [-0.4, -0.2) is 54.7 Å². The highest BCUT2D eigenvalue weighted by Crippen LogP contribution is 2.27. The van der Waals surface area contributed by atoms with Crippen molar-refractivity contribution in [2.75, 3.05) is 20.6 Å². The Hall–Kier alpha value is -2.80. The molecule has 0 radical (unpaired) electrons. The van der Waals surface area contributed by atoms with Crippen molar-refractivity contribution < 1.29 is 0 Å². The molecule has 4 aromatic heterocycles. The van der Waals surface area contributed by atoms with E-state index in [1.807, 2.05) is 18.2 Å². The van der Waals surface area contributed by atoms with Crippen molar-refractivity contribution in [1.82, 2.24) is 34.0 Å². The van der Waals surface area contributed by atoms with Crippen molar-refractivity contribution in [2.24, 2.45) is 0 Å². The number of nitrogens with zero attached hydrogens (tertiary/aromatic N) is 7. The fourth-order valence-electron chi connectivity index (χ4n) is 3.11. The van der Waals surface area contributed by atoms with Gasteiger partial charge < -0.3 is 9.47 Å². The van der Waals surface area contributed by atoms with Crippen LogP contribution in [0.5, 0.6) is 0 Å². The zero-order chi connectivity index (χ0) is 17.6. The number of fused-ring (bicyclic) bond motifs is 3. The molecule has 0 saturated carbocycles. The fourth-order valence-corrected chi connectivity index (χ4v) is 3.11. The third-order valence-electron chi connectivity index (χ3n) is 4.61. The van der Waals surface area contributed by atoms with Crippen LogP contribution in [0.3, 0.4) is 0 Å². The summed E-state index contributed by atoms with van der Waals surface area (Å²) in [6.07, 6.45) is 3.49. The smallest absolute Gasteiger partial charge is 0.200 e. The van der Waals surface area contributed by atoms with Crippen LogP contribution in [0.4, 0.5) is 0 Å². The van der Waals surface area contributed by atoms with Gasteiger partial charge >= 0.3 is 0 Å². The molecule has 0 amide bonds. The van der Waals surface area contributed by atoms with Crippen molar-refractivity contribution in [3.63, 3.8) is 0 Å². The van der Waals surface area contributed by atoms with Crippen LogP contribution in [0.2, 0.25) is 0 Å². The van der Waals surface area contributed by atoms with E-state index in [2.05, 4.69) is 52.5 Å². The second-order valence-electron chi connectivity index (χ2n) is 6.53. The van der Waals surface area contributed by atoms with Gasteiger partial charge in [-0.15, -0.1) is 5.10 Å². The lowest BCUT2D eigenvalue weighted by molar-refractivity contribution is 0.384. The van der Waals surface area contributed by atoms with E-state index >= 15 is 0 Å². The molecule has 0 N–H and O–H groups in total. The first-order valence-electron chi connectivity index (χ1n) is 8.33. The maximum Gasteiger partial charge on any atom is 0.200 e. The zero-order valence-electron chi connectivity index (χ0n) is 14.9. The summed E-state index contributed by atoms with van der Waals surface area (Å²) in [6, 6.07) is 5.74. The topological polar surface area (TPSA) is 64.1 Å². The van der Waals surface area contributed by atoms with Crippen molar-refractivity contribution in [2.45, 2.75) is 20.4 Å². The number of hydrogen-bond acceptors (Lipinski definition) is 5. The average molecular weight is 335 g/mol. The molecular formula is C18H21N7. The minimum Gasteiger partial charge on any atom is -0.328 e. The van der Waals surface area contributed by atoms with Gasteiger partial charge in [0.15, 0.2) is 5.65 Å². The van der Waals surface area contributed by atoms with E-state index in [1.54, 1.807) is 17.0 Å². The van der Waals surface area contributed by atoms with Crippen molar-refractivity contribution in [3.05, 3.63) is 42.0 Å². The molecule has 4 aromatic rings. The Morgan fingerprint density at radius 2 is 1.92 bits per heavy atom. The van der Waals surface area contributed by atoms with Gasteiger partial charge in [0.05, 0.1) is 5.39 Å². The number of aryl methyl sites for hydroxylation is 1. The predicted molar refractivity (Wildman–Crippen MR) is 97.5 cm³/mol. The van der Waals surface area contributed by atoms with Gasteiger partial charge in [-0.1, -0.05) is 6.07 Å². The maximum absolute atomic E-state index is 4.75. The van der Waals surface area contributed by atoms with Crippen LogP contribution >= 0.6 is 0 Å². The van der Waals surface area contributed by atoms with Gasteiger partial charge in [-0.3, -0.25) is 4.98 Å². The molecular weight excluding hydrogens is 314 g/mol. The monoisotopic (exact) mass is 335 g/mol.